The smallest absolute Gasteiger partial charge is 0.0136 e. The molecule has 1 fully saturated rings. The first-order valence-corrected chi connectivity index (χ1v) is 7.09. The van der Waals surface area contributed by atoms with Crippen LogP contribution in [0.1, 0.15) is 43.7 Å². The maximum Gasteiger partial charge on any atom is 0.0136 e. The highest BCUT2D eigenvalue weighted by Gasteiger charge is 2.26. The molecule has 17 heavy (non-hydrogen) atoms. The van der Waals surface area contributed by atoms with E-state index in [1.54, 1.807) is 0 Å². The monoisotopic (exact) mass is 231 g/mol. The molecule has 1 atom stereocenters. The van der Waals surface area contributed by atoms with Crippen molar-refractivity contribution in [2.75, 3.05) is 6.54 Å². The Labute approximate surface area is 106 Å². The zero-order chi connectivity index (χ0) is 12.1. The van der Waals surface area contributed by atoms with Gasteiger partial charge in [-0.05, 0) is 56.2 Å². The Morgan fingerprint density at radius 3 is 2.65 bits per heavy atom. The molecule has 1 nitrogen and oxygen atoms in total. The first-order valence-electron chi connectivity index (χ1n) is 7.09. The number of hydrogen-bond acceptors (Lipinski definition) is 1. The van der Waals surface area contributed by atoms with E-state index < -0.39 is 0 Å². The lowest BCUT2D eigenvalue weighted by molar-refractivity contribution is 0.227. The third-order valence-electron chi connectivity index (χ3n) is 4.08. The van der Waals surface area contributed by atoms with E-state index in [0.29, 0.717) is 6.04 Å². The van der Waals surface area contributed by atoms with Gasteiger partial charge >= 0.3 is 0 Å². The van der Waals surface area contributed by atoms with Crippen molar-refractivity contribution in [2.24, 2.45) is 5.92 Å². The van der Waals surface area contributed by atoms with Gasteiger partial charge in [0.15, 0.2) is 0 Å². The van der Waals surface area contributed by atoms with E-state index in [1.807, 2.05) is 0 Å². The minimum absolute atomic E-state index is 0.699. The molecule has 1 unspecified atom stereocenters. The lowest BCUT2D eigenvalue weighted by Crippen LogP contribution is -2.41. The average molecular weight is 231 g/mol. The molecule has 1 saturated carbocycles. The number of benzene rings is 1. The fourth-order valence-electron chi connectivity index (χ4n) is 2.65. The van der Waals surface area contributed by atoms with Crippen molar-refractivity contribution in [3.05, 3.63) is 35.4 Å². The summed E-state index contributed by atoms with van der Waals surface area (Å²) in [6.07, 6.45) is 6.72. The van der Waals surface area contributed by atoms with Gasteiger partial charge in [0.1, 0.15) is 0 Å². The third kappa shape index (κ3) is 3.32. The molecule has 0 radical (unpaired) electrons. The third-order valence-corrected chi connectivity index (χ3v) is 4.08. The van der Waals surface area contributed by atoms with E-state index in [0.717, 1.165) is 12.5 Å². The van der Waals surface area contributed by atoms with Crippen molar-refractivity contribution in [2.45, 2.75) is 52.0 Å². The van der Waals surface area contributed by atoms with E-state index in [4.69, 9.17) is 0 Å². The van der Waals surface area contributed by atoms with Crippen molar-refractivity contribution in [1.29, 1.82) is 0 Å². The molecule has 0 amide bonds. The molecule has 0 bridgehead atoms. The molecule has 1 aliphatic carbocycles. The van der Waals surface area contributed by atoms with Gasteiger partial charge in [-0.1, -0.05) is 37.6 Å². The van der Waals surface area contributed by atoms with E-state index in [1.165, 1.54) is 43.2 Å². The summed E-state index contributed by atoms with van der Waals surface area (Å²) in [5, 5.41) is 3.75. The fourth-order valence-corrected chi connectivity index (χ4v) is 2.65. The highest BCUT2D eigenvalue weighted by molar-refractivity contribution is 5.26. The SMILES string of the molecule is CCCNC(Cc1ccccc1C)C1CCC1. The Hall–Kier alpha value is -0.820. The van der Waals surface area contributed by atoms with Gasteiger partial charge in [-0.15, -0.1) is 0 Å². The number of nitrogens with one attached hydrogen (secondary N) is 1. The Bertz CT molecular complexity index is 341. The zero-order valence-corrected chi connectivity index (χ0v) is 11.2. The molecular weight excluding hydrogens is 206 g/mol. The second-order valence-electron chi connectivity index (χ2n) is 5.38. The summed E-state index contributed by atoms with van der Waals surface area (Å²) < 4.78 is 0. The Morgan fingerprint density at radius 2 is 2.06 bits per heavy atom. The predicted molar refractivity (Wildman–Crippen MR) is 74.3 cm³/mol. The van der Waals surface area contributed by atoms with Crippen molar-refractivity contribution in [3.63, 3.8) is 0 Å². The topological polar surface area (TPSA) is 12.0 Å². The van der Waals surface area contributed by atoms with Crippen LogP contribution in [-0.4, -0.2) is 12.6 Å². The van der Waals surface area contributed by atoms with Gasteiger partial charge in [-0.2, -0.15) is 0 Å². The normalized spacial score (nSPS) is 17.8. The maximum atomic E-state index is 3.75. The van der Waals surface area contributed by atoms with Gasteiger partial charge in [0.25, 0.3) is 0 Å². The van der Waals surface area contributed by atoms with Crippen molar-refractivity contribution >= 4 is 0 Å². The van der Waals surface area contributed by atoms with Crippen LogP contribution in [0.2, 0.25) is 0 Å². The number of rotatable bonds is 6. The van der Waals surface area contributed by atoms with Crippen LogP contribution in [0.3, 0.4) is 0 Å². The molecule has 0 aromatic heterocycles. The minimum atomic E-state index is 0.699. The molecule has 2 rings (SSSR count). The molecule has 1 N–H and O–H groups in total. The molecule has 1 aromatic carbocycles. The first-order chi connectivity index (χ1) is 8.31. The number of hydrogen-bond donors (Lipinski definition) is 1. The molecule has 0 heterocycles. The van der Waals surface area contributed by atoms with Crippen molar-refractivity contribution in [1.82, 2.24) is 5.32 Å². The minimum Gasteiger partial charge on any atom is -0.313 e. The van der Waals surface area contributed by atoms with Gasteiger partial charge in [0.05, 0.1) is 0 Å². The molecule has 94 valence electrons. The zero-order valence-electron chi connectivity index (χ0n) is 11.2. The van der Waals surface area contributed by atoms with Crippen LogP contribution < -0.4 is 5.32 Å². The molecular formula is C16H25N. The molecule has 1 aromatic rings. The average Bonchev–Trinajstić information content (AvgIpc) is 2.26. The van der Waals surface area contributed by atoms with Gasteiger partial charge in [-0.3, -0.25) is 0 Å². The van der Waals surface area contributed by atoms with Gasteiger partial charge in [0.2, 0.25) is 0 Å². The van der Waals surface area contributed by atoms with E-state index >= 15 is 0 Å². The van der Waals surface area contributed by atoms with Gasteiger partial charge in [0, 0.05) is 6.04 Å². The fraction of sp³-hybridized carbons (Fsp3) is 0.625. The first kappa shape index (κ1) is 12.6. The van der Waals surface area contributed by atoms with Crippen LogP contribution in [-0.2, 0) is 6.42 Å². The second-order valence-corrected chi connectivity index (χ2v) is 5.38. The highest BCUT2D eigenvalue weighted by atomic mass is 14.9. The molecule has 1 aliphatic rings. The maximum absolute atomic E-state index is 3.75. The summed E-state index contributed by atoms with van der Waals surface area (Å²) in [6.45, 7) is 5.64. The van der Waals surface area contributed by atoms with E-state index in [-0.39, 0.29) is 0 Å². The Morgan fingerprint density at radius 1 is 1.29 bits per heavy atom. The summed E-state index contributed by atoms with van der Waals surface area (Å²) in [7, 11) is 0. The van der Waals surface area contributed by atoms with Crippen molar-refractivity contribution < 1.29 is 0 Å². The van der Waals surface area contributed by atoms with Crippen LogP contribution in [0, 0.1) is 12.8 Å². The van der Waals surface area contributed by atoms with Crippen LogP contribution in [0.15, 0.2) is 24.3 Å². The molecule has 0 aliphatic heterocycles. The van der Waals surface area contributed by atoms with Crippen LogP contribution in [0.4, 0.5) is 0 Å². The van der Waals surface area contributed by atoms with Crippen LogP contribution in [0.25, 0.3) is 0 Å². The molecule has 0 saturated heterocycles. The van der Waals surface area contributed by atoms with E-state index in [9.17, 15) is 0 Å². The van der Waals surface area contributed by atoms with Crippen LogP contribution in [0.5, 0.6) is 0 Å². The van der Waals surface area contributed by atoms with Crippen molar-refractivity contribution in [3.8, 4) is 0 Å². The van der Waals surface area contributed by atoms with E-state index in [2.05, 4.69) is 43.4 Å². The van der Waals surface area contributed by atoms with Gasteiger partial charge in [-0.25, -0.2) is 0 Å². The lowest BCUT2D eigenvalue weighted by Gasteiger charge is -2.35. The lowest BCUT2D eigenvalue weighted by atomic mass is 9.77. The number of aryl methyl sites for hydroxylation is 1. The summed E-state index contributed by atoms with van der Waals surface area (Å²) in [5.74, 6) is 0.918. The molecule has 0 spiro atoms. The summed E-state index contributed by atoms with van der Waals surface area (Å²) in [5.41, 5.74) is 2.96. The quantitative estimate of drug-likeness (QED) is 0.787. The second kappa shape index (κ2) is 6.20. The summed E-state index contributed by atoms with van der Waals surface area (Å²) >= 11 is 0. The largest absolute Gasteiger partial charge is 0.313 e. The summed E-state index contributed by atoms with van der Waals surface area (Å²) in [6, 6.07) is 9.52. The Balaban J connectivity index is 1.98. The molecule has 1 heteroatoms. The Kier molecular flexibility index (Phi) is 4.61. The predicted octanol–water partition coefficient (Wildman–Crippen LogP) is 3.71. The standard InChI is InChI=1S/C16H25N/c1-3-11-17-16(14-9-6-10-14)12-15-8-5-4-7-13(15)2/h4-5,7-8,14,16-17H,3,6,9-12H2,1-2H3. The highest BCUT2D eigenvalue weighted by Crippen LogP contribution is 2.31. The van der Waals surface area contributed by atoms with Gasteiger partial charge < -0.3 is 5.32 Å². The van der Waals surface area contributed by atoms with Crippen LogP contribution >= 0.6 is 0 Å². The summed E-state index contributed by atoms with van der Waals surface area (Å²) in [4.78, 5) is 0.